The smallest absolute Gasteiger partial charge is 0.223 e. The fraction of sp³-hybridized carbons (Fsp3) is 0.850. The van der Waals surface area contributed by atoms with Crippen LogP contribution in [0.4, 0.5) is 0 Å². The molecule has 0 aromatic rings. The lowest BCUT2D eigenvalue weighted by Crippen LogP contribution is -2.15. The molecule has 0 radical (unpaired) electrons. The Bertz CT molecular complexity index is 250. The van der Waals surface area contributed by atoms with Crippen molar-refractivity contribution in [2.24, 2.45) is 0 Å². The van der Waals surface area contributed by atoms with Crippen molar-refractivity contribution in [2.75, 3.05) is 0 Å². The van der Waals surface area contributed by atoms with Crippen LogP contribution < -0.4 is 5.32 Å². The van der Waals surface area contributed by atoms with Gasteiger partial charge in [0.15, 0.2) is 0 Å². The monoisotopic (exact) mass is 309 g/mol. The molecule has 0 spiro atoms. The molecule has 0 atom stereocenters. The Labute approximate surface area is 139 Å². The third-order valence-corrected chi connectivity index (χ3v) is 4.27. The summed E-state index contributed by atoms with van der Waals surface area (Å²) < 4.78 is 0. The average molecular weight is 310 g/mol. The minimum absolute atomic E-state index is 0.102. The highest BCUT2D eigenvalue weighted by Gasteiger charge is 1.98. The van der Waals surface area contributed by atoms with E-state index in [1.807, 2.05) is 0 Å². The van der Waals surface area contributed by atoms with E-state index in [2.05, 4.69) is 18.8 Å². The zero-order valence-corrected chi connectivity index (χ0v) is 15.0. The maximum atomic E-state index is 11.2. The highest BCUT2D eigenvalue weighted by Crippen LogP contribution is 2.13. The van der Waals surface area contributed by atoms with Crippen LogP contribution >= 0.6 is 0 Å². The molecule has 0 saturated carbocycles. The van der Waals surface area contributed by atoms with Crippen LogP contribution in [0.1, 0.15) is 110 Å². The van der Waals surface area contributed by atoms with Gasteiger partial charge in [0.25, 0.3) is 0 Å². The van der Waals surface area contributed by atoms with E-state index in [9.17, 15) is 4.79 Å². The van der Waals surface area contributed by atoms with Gasteiger partial charge >= 0.3 is 0 Å². The summed E-state index contributed by atoms with van der Waals surface area (Å²) in [6, 6.07) is 0. The quantitative estimate of drug-likeness (QED) is 0.305. The Kier molecular flexibility index (Phi) is 17.6. The van der Waals surface area contributed by atoms with Crippen molar-refractivity contribution in [3.63, 3.8) is 0 Å². The van der Waals surface area contributed by atoms with Crippen molar-refractivity contribution < 1.29 is 4.79 Å². The molecule has 0 unspecified atom stereocenters. The lowest BCUT2D eigenvalue weighted by Gasteiger charge is -2.03. The number of carbonyl (C=O) groups excluding carboxylic acids is 1. The van der Waals surface area contributed by atoms with E-state index in [4.69, 9.17) is 0 Å². The lowest BCUT2D eigenvalue weighted by molar-refractivity contribution is -0.120. The largest absolute Gasteiger partial charge is 0.333 e. The van der Waals surface area contributed by atoms with Gasteiger partial charge in [0.2, 0.25) is 5.91 Å². The number of unbranched alkanes of at least 4 members (excludes halogenated alkanes) is 14. The van der Waals surface area contributed by atoms with E-state index in [1.54, 1.807) is 0 Å². The number of hydrogen-bond donors (Lipinski definition) is 1. The van der Waals surface area contributed by atoms with Gasteiger partial charge in [-0.05, 0) is 12.6 Å². The molecule has 0 aliphatic carbocycles. The first kappa shape index (κ1) is 21.2. The van der Waals surface area contributed by atoms with Gasteiger partial charge in [0.1, 0.15) is 0 Å². The van der Waals surface area contributed by atoms with E-state index in [0.29, 0.717) is 6.42 Å². The summed E-state index contributed by atoms with van der Waals surface area (Å²) in [6.45, 7) is 5.77. The van der Waals surface area contributed by atoms with E-state index in [1.165, 1.54) is 96.1 Å². The summed E-state index contributed by atoms with van der Waals surface area (Å²) in [6.07, 6.45) is 22.5. The first-order valence-electron chi connectivity index (χ1n) is 9.71. The summed E-state index contributed by atoms with van der Waals surface area (Å²) in [7, 11) is 0. The minimum atomic E-state index is 0.102. The Morgan fingerprint density at radius 3 is 1.45 bits per heavy atom. The first-order chi connectivity index (χ1) is 10.8. The second-order valence-electron chi connectivity index (χ2n) is 6.47. The second kappa shape index (κ2) is 18.3. The van der Waals surface area contributed by atoms with E-state index in [-0.39, 0.29) is 5.91 Å². The molecule has 0 fully saturated rings. The van der Waals surface area contributed by atoms with Gasteiger partial charge in [-0.1, -0.05) is 103 Å². The predicted octanol–water partition coefficient (Wildman–Crippen LogP) is 6.51. The summed E-state index contributed by atoms with van der Waals surface area (Å²) in [5.41, 5.74) is 0. The second-order valence-corrected chi connectivity index (χ2v) is 6.47. The molecule has 1 amide bonds. The van der Waals surface area contributed by atoms with Crippen LogP contribution in [0, 0.1) is 0 Å². The maximum Gasteiger partial charge on any atom is 0.223 e. The molecular weight excluding hydrogens is 270 g/mol. The summed E-state index contributed by atoms with van der Waals surface area (Å²) in [5, 5.41) is 2.62. The normalized spacial score (nSPS) is 10.6. The van der Waals surface area contributed by atoms with Crippen LogP contribution in [0.5, 0.6) is 0 Å². The van der Waals surface area contributed by atoms with Gasteiger partial charge < -0.3 is 5.32 Å². The molecule has 0 aliphatic heterocycles. The maximum absolute atomic E-state index is 11.2. The van der Waals surface area contributed by atoms with Crippen molar-refractivity contribution in [2.45, 2.75) is 110 Å². The summed E-state index contributed by atoms with van der Waals surface area (Å²) in [4.78, 5) is 11.2. The molecule has 1 N–H and O–H groups in total. The molecule has 0 saturated heterocycles. The number of amides is 1. The molecule has 0 rings (SSSR count). The van der Waals surface area contributed by atoms with Crippen LogP contribution in [-0.4, -0.2) is 5.91 Å². The van der Waals surface area contributed by atoms with Gasteiger partial charge in [0.05, 0.1) is 0 Å². The molecule has 0 heterocycles. The Morgan fingerprint density at radius 1 is 0.727 bits per heavy atom. The number of carbonyl (C=O) groups is 1. The Balaban J connectivity index is 3.02. The molecule has 0 aromatic carbocycles. The van der Waals surface area contributed by atoms with Gasteiger partial charge in [-0.25, -0.2) is 0 Å². The van der Waals surface area contributed by atoms with Crippen LogP contribution in [0.25, 0.3) is 0 Å². The minimum Gasteiger partial charge on any atom is -0.333 e. The van der Waals surface area contributed by atoms with E-state index in [0.717, 1.165) is 6.42 Å². The Morgan fingerprint density at radius 2 is 1.09 bits per heavy atom. The highest BCUT2D eigenvalue weighted by molar-refractivity contribution is 5.76. The van der Waals surface area contributed by atoms with Crippen LogP contribution in [-0.2, 0) is 4.79 Å². The van der Waals surface area contributed by atoms with Crippen LogP contribution in [0.2, 0.25) is 0 Å². The topological polar surface area (TPSA) is 29.1 Å². The number of rotatable bonds is 17. The van der Waals surface area contributed by atoms with Crippen molar-refractivity contribution >= 4 is 5.91 Å². The fourth-order valence-corrected chi connectivity index (χ4v) is 2.84. The zero-order chi connectivity index (χ0) is 16.3. The third kappa shape index (κ3) is 17.3. The predicted molar refractivity (Wildman–Crippen MR) is 97.9 cm³/mol. The highest BCUT2D eigenvalue weighted by atomic mass is 16.1. The molecule has 0 bridgehead atoms. The van der Waals surface area contributed by atoms with Crippen molar-refractivity contribution in [3.8, 4) is 0 Å². The van der Waals surface area contributed by atoms with Gasteiger partial charge in [-0.2, -0.15) is 0 Å². The SMILES string of the molecule is C=CNC(=O)CCCCCCCCCCCCCCCCC. The lowest BCUT2D eigenvalue weighted by atomic mass is 10.0. The number of nitrogens with one attached hydrogen (secondary N) is 1. The van der Waals surface area contributed by atoms with E-state index >= 15 is 0 Å². The standard InChI is InChI=1S/C20H39NO/c1-3-5-6-7-8-9-10-11-12-13-14-15-16-17-18-19-20(22)21-4-2/h4H,2-3,5-19H2,1H3,(H,21,22). The summed E-state index contributed by atoms with van der Waals surface area (Å²) in [5.74, 6) is 0.102. The third-order valence-electron chi connectivity index (χ3n) is 4.27. The van der Waals surface area contributed by atoms with Crippen molar-refractivity contribution in [1.29, 1.82) is 0 Å². The zero-order valence-electron chi connectivity index (χ0n) is 15.0. The molecule has 22 heavy (non-hydrogen) atoms. The fourth-order valence-electron chi connectivity index (χ4n) is 2.84. The first-order valence-corrected chi connectivity index (χ1v) is 9.71. The van der Waals surface area contributed by atoms with Crippen LogP contribution in [0.15, 0.2) is 12.8 Å². The molecular formula is C20H39NO. The van der Waals surface area contributed by atoms with E-state index < -0.39 is 0 Å². The number of hydrogen-bond acceptors (Lipinski definition) is 1. The van der Waals surface area contributed by atoms with Crippen LogP contribution in [0.3, 0.4) is 0 Å². The molecule has 0 aliphatic rings. The van der Waals surface area contributed by atoms with Gasteiger partial charge in [0, 0.05) is 6.42 Å². The Hall–Kier alpha value is -0.790. The molecule has 130 valence electrons. The van der Waals surface area contributed by atoms with Gasteiger partial charge in [-0.3, -0.25) is 4.79 Å². The summed E-state index contributed by atoms with van der Waals surface area (Å²) >= 11 is 0. The van der Waals surface area contributed by atoms with Gasteiger partial charge in [-0.15, -0.1) is 0 Å². The van der Waals surface area contributed by atoms with Crippen molar-refractivity contribution in [3.05, 3.63) is 12.8 Å². The average Bonchev–Trinajstić information content (AvgIpc) is 2.51. The molecule has 0 aromatic heterocycles. The van der Waals surface area contributed by atoms with Crippen molar-refractivity contribution in [1.82, 2.24) is 5.32 Å². The molecule has 2 nitrogen and oxygen atoms in total. The molecule has 2 heteroatoms.